The molecule has 1 heteroatoms. The van der Waals surface area contributed by atoms with Crippen molar-refractivity contribution in [3.63, 3.8) is 0 Å². The van der Waals surface area contributed by atoms with E-state index in [-0.39, 0.29) is 0 Å². The average Bonchev–Trinajstić information content (AvgIpc) is 2.78. The highest BCUT2D eigenvalue weighted by Gasteiger charge is 2.12. The zero-order valence-corrected chi connectivity index (χ0v) is 19.0. The van der Waals surface area contributed by atoms with Crippen LogP contribution in [-0.2, 0) is 12.8 Å². The molecule has 0 saturated heterocycles. The van der Waals surface area contributed by atoms with Crippen LogP contribution in [0.1, 0.15) is 69.1 Å². The Kier molecular flexibility index (Phi) is 8.56. The molecule has 0 bridgehead atoms. The van der Waals surface area contributed by atoms with Gasteiger partial charge in [0.15, 0.2) is 0 Å². The number of benzene rings is 3. The fourth-order valence-corrected chi connectivity index (χ4v) is 3.92. The van der Waals surface area contributed by atoms with E-state index in [2.05, 4.69) is 98.5 Å². The van der Waals surface area contributed by atoms with Crippen molar-refractivity contribution in [3.8, 4) is 0 Å². The number of unbranched alkanes of at least 4 members (excludes halogenated alkanes) is 4. The summed E-state index contributed by atoms with van der Waals surface area (Å²) in [6.07, 6.45) is 10.1. The lowest BCUT2D eigenvalue weighted by atomic mass is 10.0. The lowest BCUT2D eigenvalue weighted by molar-refractivity contribution is 0.717. The first-order chi connectivity index (χ1) is 14.7. The van der Waals surface area contributed by atoms with Gasteiger partial charge in [-0.15, -0.1) is 0 Å². The van der Waals surface area contributed by atoms with Crippen LogP contribution in [0.2, 0.25) is 0 Å². The molecule has 0 unspecified atom stereocenters. The second kappa shape index (κ2) is 11.6. The quantitative estimate of drug-likeness (QED) is 0.291. The Labute approximate surface area is 183 Å². The van der Waals surface area contributed by atoms with E-state index in [4.69, 9.17) is 0 Å². The van der Waals surface area contributed by atoms with E-state index >= 15 is 0 Å². The molecule has 0 N–H and O–H groups in total. The van der Waals surface area contributed by atoms with Gasteiger partial charge in [-0.1, -0.05) is 81.5 Å². The summed E-state index contributed by atoms with van der Waals surface area (Å²) in [5.41, 5.74) is 7.80. The number of nitrogens with zero attached hydrogens (tertiary/aromatic N) is 1. The van der Waals surface area contributed by atoms with Crippen LogP contribution in [0.25, 0.3) is 0 Å². The third-order valence-electron chi connectivity index (χ3n) is 5.82. The Morgan fingerprint density at radius 3 is 1.23 bits per heavy atom. The van der Waals surface area contributed by atoms with E-state index in [0.29, 0.717) is 0 Å². The van der Waals surface area contributed by atoms with E-state index in [9.17, 15) is 0 Å². The summed E-state index contributed by atoms with van der Waals surface area (Å²) in [7, 11) is 0. The second-order valence-corrected chi connectivity index (χ2v) is 8.42. The Balaban J connectivity index is 1.85. The maximum atomic E-state index is 2.37. The zero-order valence-electron chi connectivity index (χ0n) is 19.0. The summed E-state index contributed by atoms with van der Waals surface area (Å²) >= 11 is 0. The van der Waals surface area contributed by atoms with Crippen LogP contribution >= 0.6 is 0 Å². The van der Waals surface area contributed by atoms with Crippen LogP contribution in [-0.4, -0.2) is 0 Å². The normalized spacial score (nSPS) is 10.9. The molecule has 0 aliphatic carbocycles. The average molecular weight is 400 g/mol. The molecule has 0 heterocycles. The fourth-order valence-electron chi connectivity index (χ4n) is 3.92. The SMILES string of the molecule is CCCCCc1ccc(N(c2ccc(C)cc2)c2ccc(CCCCC)cc2)cc1. The summed E-state index contributed by atoms with van der Waals surface area (Å²) in [5, 5.41) is 0. The van der Waals surface area contributed by atoms with Crippen molar-refractivity contribution < 1.29 is 0 Å². The molecule has 0 aliphatic heterocycles. The van der Waals surface area contributed by atoms with Crippen LogP contribution in [0.4, 0.5) is 17.1 Å². The molecule has 1 nitrogen and oxygen atoms in total. The van der Waals surface area contributed by atoms with Crippen LogP contribution in [0, 0.1) is 6.92 Å². The molecule has 0 aromatic heterocycles. The van der Waals surface area contributed by atoms with Gasteiger partial charge in [-0.3, -0.25) is 0 Å². The monoisotopic (exact) mass is 399 g/mol. The minimum absolute atomic E-state index is 1.17. The smallest absolute Gasteiger partial charge is 0.0461 e. The van der Waals surface area contributed by atoms with Crippen molar-refractivity contribution in [2.24, 2.45) is 0 Å². The number of hydrogen-bond acceptors (Lipinski definition) is 1. The molecule has 158 valence electrons. The summed E-state index contributed by atoms with van der Waals surface area (Å²) < 4.78 is 0. The molecule has 30 heavy (non-hydrogen) atoms. The molecule has 0 radical (unpaired) electrons. The summed E-state index contributed by atoms with van der Waals surface area (Å²) in [6.45, 7) is 6.67. The minimum Gasteiger partial charge on any atom is -0.311 e. The highest BCUT2D eigenvalue weighted by atomic mass is 15.1. The van der Waals surface area contributed by atoms with Crippen molar-refractivity contribution in [2.45, 2.75) is 72.1 Å². The molecule has 0 aliphatic rings. The van der Waals surface area contributed by atoms with Crippen molar-refractivity contribution in [3.05, 3.63) is 89.5 Å². The molecule has 0 spiro atoms. The topological polar surface area (TPSA) is 3.24 Å². The van der Waals surface area contributed by atoms with Gasteiger partial charge >= 0.3 is 0 Å². The third kappa shape index (κ3) is 6.23. The molecule has 3 rings (SSSR count). The molecule has 0 amide bonds. The zero-order chi connectivity index (χ0) is 21.2. The highest BCUT2D eigenvalue weighted by molar-refractivity contribution is 5.76. The van der Waals surface area contributed by atoms with E-state index in [0.717, 1.165) is 0 Å². The van der Waals surface area contributed by atoms with Gasteiger partial charge in [-0.25, -0.2) is 0 Å². The fraction of sp³-hybridized carbons (Fsp3) is 0.379. The standard InChI is InChI=1S/C29H37N/c1-4-6-8-10-25-14-20-28(21-15-25)30(27-18-12-24(3)13-19-27)29-22-16-26(17-23-29)11-9-7-5-2/h12-23H,4-11H2,1-3H3. The van der Waals surface area contributed by atoms with Gasteiger partial charge < -0.3 is 4.90 Å². The lowest BCUT2D eigenvalue weighted by Gasteiger charge is -2.26. The number of rotatable bonds is 11. The maximum absolute atomic E-state index is 2.37. The van der Waals surface area contributed by atoms with Gasteiger partial charge in [-0.2, -0.15) is 0 Å². The molecule has 3 aromatic rings. The highest BCUT2D eigenvalue weighted by Crippen LogP contribution is 2.35. The first-order valence-corrected chi connectivity index (χ1v) is 11.8. The Hall–Kier alpha value is -2.54. The predicted molar refractivity (Wildman–Crippen MR) is 132 cm³/mol. The summed E-state index contributed by atoms with van der Waals surface area (Å²) in [4.78, 5) is 2.37. The summed E-state index contributed by atoms with van der Waals surface area (Å²) in [6, 6.07) is 27.1. The Morgan fingerprint density at radius 2 is 0.867 bits per heavy atom. The molecule has 0 saturated carbocycles. The first kappa shape index (κ1) is 22.2. The van der Waals surface area contributed by atoms with Gasteiger partial charge in [0.25, 0.3) is 0 Å². The van der Waals surface area contributed by atoms with Crippen LogP contribution in [0.15, 0.2) is 72.8 Å². The van der Waals surface area contributed by atoms with Crippen LogP contribution in [0.5, 0.6) is 0 Å². The Morgan fingerprint density at radius 1 is 0.500 bits per heavy atom. The number of aryl methyl sites for hydroxylation is 3. The summed E-state index contributed by atoms with van der Waals surface area (Å²) in [5.74, 6) is 0. The largest absolute Gasteiger partial charge is 0.311 e. The molecule has 3 aromatic carbocycles. The Bertz CT molecular complexity index is 806. The van der Waals surface area contributed by atoms with E-state index in [1.807, 2.05) is 0 Å². The van der Waals surface area contributed by atoms with Gasteiger partial charge in [0.2, 0.25) is 0 Å². The number of hydrogen-bond donors (Lipinski definition) is 0. The van der Waals surface area contributed by atoms with E-state index < -0.39 is 0 Å². The third-order valence-corrected chi connectivity index (χ3v) is 5.82. The molecular weight excluding hydrogens is 362 g/mol. The maximum Gasteiger partial charge on any atom is 0.0461 e. The predicted octanol–water partition coefficient (Wildman–Crippen LogP) is 8.93. The van der Waals surface area contributed by atoms with Gasteiger partial charge in [0, 0.05) is 17.1 Å². The van der Waals surface area contributed by atoms with E-state index in [1.165, 1.54) is 85.1 Å². The van der Waals surface area contributed by atoms with Crippen LogP contribution in [0.3, 0.4) is 0 Å². The van der Waals surface area contributed by atoms with Gasteiger partial charge in [0.05, 0.1) is 0 Å². The molecular formula is C29H37N. The lowest BCUT2D eigenvalue weighted by Crippen LogP contribution is -2.10. The van der Waals surface area contributed by atoms with Crippen molar-refractivity contribution in [1.29, 1.82) is 0 Å². The second-order valence-electron chi connectivity index (χ2n) is 8.42. The van der Waals surface area contributed by atoms with Crippen LogP contribution < -0.4 is 4.90 Å². The van der Waals surface area contributed by atoms with Crippen molar-refractivity contribution in [2.75, 3.05) is 4.90 Å². The number of anilines is 3. The van der Waals surface area contributed by atoms with Gasteiger partial charge in [-0.05, 0) is 80.1 Å². The van der Waals surface area contributed by atoms with E-state index in [1.54, 1.807) is 0 Å². The van der Waals surface area contributed by atoms with Crippen molar-refractivity contribution >= 4 is 17.1 Å². The minimum atomic E-state index is 1.17. The van der Waals surface area contributed by atoms with Gasteiger partial charge in [0.1, 0.15) is 0 Å². The molecule has 0 fully saturated rings. The van der Waals surface area contributed by atoms with Crippen molar-refractivity contribution in [1.82, 2.24) is 0 Å². The first-order valence-electron chi connectivity index (χ1n) is 11.8. The molecule has 0 atom stereocenters.